The summed E-state index contributed by atoms with van der Waals surface area (Å²) in [5.74, 6) is 2.89. The van der Waals surface area contributed by atoms with Gasteiger partial charge in [-0.15, -0.1) is 0 Å². The van der Waals surface area contributed by atoms with Crippen molar-refractivity contribution < 1.29 is 18.9 Å². The average molecular weight is 550 g/mol. The standard InChI is InChI=1S/C34H35N3O4/c1-38-31-17-27(20-35-37-22-30(37)25-12-8-5-9-13-25)29(19-33(31)40-3)36-15-14-26-16-32(39-2)34(18-28(26)21-36)41-23-24-10-6-4-7-11-24/h4-13,16-20,30H,14-15,21-23H2,1-3H3/b35-20+. The average Bonchev–Trinajstić information content (AvgIpc) is 3.82. The molecule has 1 unspecified atom stereocenters. The van der Waals surface area contributed by atoms with Crippen LogP contribution in [0.1, 0.15) is 33.9 Å². The molecule has 2 aliphatic heterocycles. The van der Waals surface area contributed by atoms with E-state index in [-0.39, 0.29) is 0 Å². The first-order valence-corrected chi connectivity index (χ1v) is 13.9. The SMILES string of the molecule is COc1cc(/C=N/N2CC2c2ccccc2)c(N2CCc3cc(OC)c(OCc4ccccc4)cc3C2)cc1OC. The molecular weight excluding hydrogens is 514 g/mol. The van der Waals surface area contributed by atoms with Gasteiger partial charge in [-0.2, -0.15) is 5.10 Å². The molecule has 2 heterocycles. The maximum absolute atomic E-state index is 6.22. The van der Waals surface area contributed by atoms with Crippen molar-refractivity contribution >= 4 is 11.9 Å². The van der Waals surface area contributed by atoms with E-state index in [9.17, 15) is 0 Å². The molecule has 1 atom stereocenters. The summed E-state index contributed by atoms with van der Waals surface area (Å²) in [5.41, 5.74) is 6.93. The smallest absolute Gasteiger partial charge is 0.162 e. The van der Waals surface area contributed by atoms with Gasteiger partial charge in [0, 0.05) is 30.4 Å². The van der Waals surface area contributed by atoms with Crippen molar-refractivity contribution in [3.8, 4) is 23.0 Å². The van der Waals surface area contributed by atoms with Crippen LogP contribution in [0.2, 0.25) is 0 Å². The fourth-order valence-electron chi connectivity index (χ4n) is 5.39. The normalized spacial score (nSPS) is 15.9. The Morgan fingerprint density at radius 3 is 2.17 bits per heavy atom. The highest BCUT2D eigenvalue weighted by Crippen LogP contribution is 2.40. The predicted octanol–water partition coefficient (Wildman–Crippen LogP) is 6.24. The highest BCUT2D eigenvalue weighted by molar-refractivity contribution is 5.90. The van der Waals surface area contributed by atoms with Crippen LogP contribution < -0.4 is 23.8 Å². The molecule has 1 fully saturated rings. The third kappa shape index (κ3) is 5.80. The highest BCUT2D eigenvalue weighted by Gasteiger charge is 2.34. The van der Waals surface area contributed by atoms with Crippen LogP contribution >= 0.6 is 0 Å². The van der Waals surface area contributed by atoms with E-state index in [1.807, 2.05) is 36.5 Å². The molecule has 6 rings (SSSR count). The van der Waals surface area contributed by atoms with Gasteiger partial charge in [0.2, 0.25) is 0 Å². The first-order valence-electron chi connectivity index (χ1n) is 13.9. The van der Waals surface area contributed by atoms with Crippen molar-refractivity contribution in [1.29, 1.82) is 0 Å². The summed E-state index contributed by atoms with van der Waals surface area (Å²) in [5, 5.41) is 6.93. The predicted molar refractivity (Wildman–Crippen MR) is 162 cm³/mol. The van der Waals surface area contributed by atoms with Gasteiger partial charge >= 0.3 is 0 Å². The highest BCUT2D eigenvalue weighted by atomic mass is 16.5. The van der Waals surface area contributed by atoms with Crippen LogP contribution in [-0.4, -0.2) is 45.6 Å². The van der Waals surface area contributed by atoms with Gasteiger partial charge in [-0.1, -0.05) is 60.7 Å². The second-order valence-corrected chi connectivity index (χ2v) is 10.3. The summed E-state index contributed by atoms with van der Waals surface area (Å²) in [4.78, 5) is 2.37. The van der Waals surface area contributed by atoms with Gasteiger partial charge < -0.3 is 23.8 Å². The van der Waals surface area contributed by atoms with E-state index in [0.717, 1.165) is 54.4 Å². The number of methoxy groups -OCH3 is 3. The molecule has 4 aromatic carbocycles. The Balaban J connectivity index is 1.26. The van der Waals surface area contributed by atoms with Crippen LogP contribution in [0.4, 0.5) is 5.69 Å². The van der Waals surface area contributed by atoms with E-state index in [4.69, 9.17) is 24.0 Å². The molecule has 0 bridgehead atoms. The molecule has 0 N–H and O–H groups in total. The van der Waals surface area contributed by atoms with Gasteiger partial charge in [-0.05, 0) is 46.9 Å². The van der Waals surface area contributed by atoms with Gasteiger partial charge in [0.05, 0.1) is 40.1 Å². The van der Waals surface area contributed by atoms with Crippen LogP contribution in [0.15, 0.2) is 90.0 Å². The van der Waals surface area contributed by atoms with E-state index < -0.39 is 0 Å². The monoisotopic (exact) mass is 549 g/mol. The van der Waals surface area contributed by atoms with E-state index in [1.54, 1.807) is 21.3 Å². The maximum Gasteiger partial charge on any atom is 0.162 e. The van der Waals surface area contributed by atoms with Gasteiger partial charge in [0.15, 0.2) is 23.0 Å². The third-order valence-corrected chi connectivity index (χ3v) is 7.72. The Morgan fingerprint density at radius 2 is 1.44 bits per heavy atom. The lowest BCUT2D eigenvalue weighted by Crippen LogP contribution is -2.31. The zero-order valence-corrected chi connectivity index (χ0v) is 23.7. The summed E-state index contributed by atoms with van der Waals surface area (Å²) >= 11 is 0. The number of hydrazone groups is 1. The molecule has 0 spiro atoms. The molecule has 4 aromatic rings. The number of rotatable bonds is 10. The van der Waals surface area contributed by atoms with Gasteiger partial charge in [-0.25, -0.2) is 0 Å². The van der Waals surface area contributed by atoms with E-state index >= 15 is 0 Å². The molecular formula is C34H35N3O4. The van der Waals surface area contributed by atoms with Crippen molar-refractivity contribution in [1.82, 2.24) is 5.01 Å². The Bertz CT molecular complexity index is 1520. The molecule has 0 radical (unpaired) electrons. The Kier molecular flexibility index (Phi) is 7.67. The number of nitrogens with zero attached hydrogens (tertiary/aromatic N) is 3. The topological polar surface area (TPSA) is 55.5 Å². The fraction of sp³-hybridized carbons (Fsp3) is 0.265. The van der Waals surface area contributed by atoms with Crippen molar-refractivity contribution in [3.63, 3.8) is 0 Å². The molecule has 0 aliphatic carbocycles. The van der Waals surface area contributed by atoms with Gasteiger partial charge in [-0.3, -0.25) is 5.01 Å². The number of hydrogen-bond acceptors (Lipinski definition) is 7. The minimum atomic E-state index is 0.321. The number of ether oxygens (including phenoxy) is 4. The molecule has 0 amide bonds. The number of benzene rings is 4. The first-order chi connectivity index (χ1) is 20.2. The van der Waals surface area contributed by atoms with Gasteiger partial charge in [0.1, 0.15) is 6.61 Å². The van der Waals surface area contributed by atoms with Crippen molar-refractivity contribution in [2.24, 2.45) is 5.10 Å². The van der Waals surface area contributed by atoms with E-state index in [2.05, 4.69) is 64.5 Å². The Labute approximate surface area is 241 Å². The van der Waals surface area contributed by atoms with E-state index in [0.29, 0.717) is 24.1 Å². The fourth-order valence-corrected chi connectivity index (χ4v) is 5.39. The molecule has 0 saturated carbocycles. The number of anilines is 1. The first kappa shape index (κ1) is 26.6. The second kappa shape index (κ2) is 11.8. The van der Waals surface area contributed by atoms with Crippen LogP contribution in [-0.2, 0) is 19.6 Å². The Hall–Kier alpha value is -4.65. The zero-order valence-electron chi connectivity index (χ0n) is 23.7. The van der Waals surface area contributed by atoms with Crippen LogP contribution in [0.3, 0.4) is 0 Å². The summed E-state index contributed by atoms with van der Waals surface area (Å²) in [6.45, 7) is 2.98. The van der Waals surface area contributed by atoms with Crippen molar-refractivity contribution in [3.05, 3.63) is 113 Å². The molecule has 7 heteroatoms. The lowest BCUT2D eigenvalue weighted by Gasteiger charge is -2.33. The lowest BCUT2D eigenvalue weighted by atomic mass is 9.97. The minimum Gasteiger partial charge on any atom is -0.493 e. The Morgan fingerprint density at radius 1 is 0.780 bits per heavy atom. The second-order valence-electron chi connectivity index (χ2n) is 10.3. The summed E-state index contributed by atoms with van der Waals surface area (Å²) in [6.07, 6.45) is 2.83. The summed E-state index contributed by atoms with van der Waals surface area (Å²) in [6, 6.07) is 29.3. The van der Waals surface area contributed by atoms with Crippen molar-refractivity contribution in [2.75, 3.05) is 39.3 Å². The van der Waals surface area contributed by atoms with Gasteiger partial charge in [0.25, 0.3) is 0 Å². The van der Waals surface area contributed by atoms with Crippen LogP contribution in [0, 0.1) is 0 Å². The number of fused-ring (bicyclic) bond motifs is 1. The largest absolute Gasteiger partial charge is 0.493 e. The molecule has 41 heavy (non-hydrogen) atoms. The molecule has 7 nitrogen and oxygen atoms in total. The lowest BCUT2D eigenvalue weighted by molar-refractivity contribution is 0.284. The minimum absolute atomic E-state index is 0.321. The quantitative estimate of drug-likeness (QED) is 0.172. The van der Waals surface area contributed by atoms with Crippen LogP contribution in [0.5, 0.6) is 23.0 Å². The molecule has 210 valence electrons. The summed E-state index contributed by atoms with van der Waals surface area (Å²) in [7, 11) is 5.03. The maximum atomic E-state index is 6.22. The van der Waals surface area contributed by atoms with Crippen LogP contribution in [0.25, 0.3) is 0 Å². The molecule has 2 aliphatic rings. The molecule has 0 aromatic heterocycles. The summed E-state index contributed by atoms with van der Waals surface area (Å²) < 4.78 is 23.2. The zero-order chi connectivity index (χ0) is 28.2. The third-order valence-electron chi connectivity index (χ3n) is 7.72. The van der Waals surface area contributed by atoms with Crippen molar-refractivity contribution in [2.45, 2.75) is 25.6 Å². The number of hydrogen-bond donors (Lipinski definition) is 0. The molecule has 1 saturated heterocycles. The van der Waals surface area contributed by atoms with E-state index in [1.165, 1.54) is 16.7 Å².